The first kappa shape index (κ1) is 106. The van der Waals surface area contributed by atoms with Crippen molar-refractivity contribution in [1.29, 1.82) is 5.41 Å². The standard InChI is InChI=1S/C90H125N23O21S2/c1-9-11-22-68-82(126)101-59(21-16-29-96-90(93)94)78(122)108-67(77(121)98-40-74(92)118)45-135-46-75(119)100-63(32-50-25-27-54(115)28-26-50)85(129)109(6)49(5)76(120)104-65(37-73(91)117)87(131)112-30-17-23-69(112)83(127)103-61(35-53-39-95-47-99-53)80(124)105-62(31-48(3)4)88(132)113-41-55(116)36-70(113)84(128)102-60(33-51-38-97-58-20-14-12-18-56(51)58)79(123)107-66(42-114)81(125)106-64(34-52-44-136-72-24-15-13-19-57(52)72)86(130)111(8)71(43-134-10-2)89(133)110(68)7/h12-15,18-20,24-28,38-39,44,47-49,55,59-71,97,114-116H,9-11,16-17,21-23,29-37,40-43,45-46H2,1-8H3,(H2,91,117)(H2,92,118)(H,95,99)(H,98,121)(H,100,119)(H,101,126)(H,102,128)(H,103,127)(H,104,120)(H,105,124)(H,106,125)(H,107,123)(H,108,122)(H4,93,94,96)/t49-,55+,59-,60-,61-,62-,63-,64-,65-,66-,67?,68-,69-,70-,71-/m0/s1. The number of para-hydroxylation sites is 1. The lowest BCUT2D eigenvalue weighted by molar-refractivity contribution is -0.151. The summed E-state index contributed by atoms with van der Waals surface area (Å²) < 4.78 is 6.70. The molecule has 0 radical (unpaired) electrons. The maximum absolute atomic E-state index is 15.7. The minimum Gasteiger partial charge on any atom is -0.508 e. The molecule has 3 aliphatic rings. The number of unbranched alkanes of at least 4 members (excludes halogenated alkanes) is 1. The summed E-state index contributed by atoms with van der Waals surface area (Å²) in [6, 6.07) is -2.57. The van der Waals surface area contributed by atoms with Crippen LogP contribution in [-0.4, -0.2) is 330 Å². The van der Waals surface area contributed by atoms with Gasteiger partial charge in [0.2, 0.25) is 100 Å². The predicted octanol–water partition coefficient (Wildman–Crippen LogP) is -3.35. The number of aliphatic hydroxyl groups is 2. The maximum atomic E-state index is 15.7. The van der Waals surface area contributed by atoms with Crippen LogP contribution in [0.2, 0.25) is 0 Å². The van der Waals surface area contributed by atoms with E-state index in [0.717, 1.165) is 41.0 Å². The molecule has 0 spiro atoms. The van der Waals surface area contributed by atoms with E-state index in [0.29, 0.717) is 51.5 Å². The second-order valence-electron chi connectivity index (χ2n) is 34.4. The largest absolute Gasteiger partial charge is 0.508 e. The average Bonchev–Trinajstić information content (AvgIpc) is 1.38. The number of amides is 17. The number of benzene rings is 3. The number of carbonyl (C=O) groups excluding carboxylic acids is 17. The van der Waals surface area contributed by atoms with E-state index in [-0.39, 0.29) is 95.6 Å². The fourth-order valence-corrected chi connectivity index (χ4v) is 18.2. The fourth-order valence-electron chi connectivity index (χ4n) is 16.4. The third kappa shape index (κ3) is 29.6. The van der Waals surface area contributed by atoms with E-state index in [1.165, 1.54) is 76.2 Å². The molecule has 17 amide bonds. The minimum absolute atomic E-state index is 0.00796. The molecule has 15 atom stereocenters. The van der Waals surface area contributed by atoms with Gasteiger partial charge in [-0.2, -0.15) is 0 Å². The van der Waals surface area contributed by atoms with Crippen LogP contribution < -0.4 is 75.7 Å². The molecule has 738 valence electrons. The number of thiophene rings is 1. The average molecular weight is 1930 g/mol. The maximum Gasteiger partial charge on any atom is 0.248 e. The number of phenolic OH excluding ortho intramolecular Hbond substituents is 1. The number of imidazole rings is 1. The number of hydrogen-bond donors (Lipinski definition) is 20. The number of fused-ring (bicyclic) bond motifs is 4. The van der Waals surface area contributed by atoms with Crippen LogP contribution in [0.1, 0.15) is 121 Å². The quantitative estimate of drug-likeness (QED) is 0.0143. The second kappa shape index (κ2) is 50.8. The lowest BCUT2D eigenvalue weighted by atomic mass is 10.0. The molecule has 3 aliphatic heterocycles. The Labute approximate surface area is 793 Å². The number of aliphatic hydroxyl groups excluding tert-OH is 2. The zero-order valence-corrected chi connectivity index (χ0v) is 78.8. The smallest absolute Gasteiger partial charge is 0.248 e. The van der Waals surface area contributed by atoms with E-state index in [9.17, 15) is 58.5 Å². The third-order valence-electron chi connectivity index (χ3n) is 23.9. The minimum atomic E-state index is -1.91. The number of nitrogens with one attached hydrogen (secondary N) is 14. The van der Waals surface area contributed by atoms with E-state index in [4.69, 9.17) is 27.3 Å². The molecule has 136 heavy (non-hydrogen) atoms. The van der Waals surface area contributed by atoms with E-state index in [1.54, 1.807) is 74.8 Å². The van der Waals surface area contributed by atoms with Crippen LogP contribution in [0.15, 0.2) is 96.9 Å². The number of phenols is 1. The lowest BCUT2D eigenvalue weighted by Crippen LogP contribution is -2.62. The number of rotatable bonds is 26. The highest BCUT2D eigenvalue weighted by Gasteiger charge is 2.47. The van der Waals surface area contributed by atoms with Crippen LogP contribution in [-0.2, 0) is 112 Å². The first-order valence-electron chi connectivity index (χ1n) is 45.0. The number of thioether (sulfide) groups is 1. The Bertz CT molecular complexity index is 5250. The van der Waals surface area contributed by atoms with Gasteiger partial charge in [0.1, 0.15) is 90.3 Å². The number of nitrogens with zero attached hydrogens (tertiary/aromatic N) is 6. The van der Waals surface area contributed by atoms with Crippen molar-refractivity contribution in [1.82, 2.24) is 97.9 Å². The number of hydrogen-bond acceptors (Lipinski definition) is 25. The fraction of sp³-hybridized carbons (Fsp3) is 0.522. The Morgan fingerprint density at radius 1 is 0.603 bits per heavy atom. The Hall–Kier alpha value is -13.3. The first-order valence-corrected chi connectivity index (χ1v) is 47.1. The summed E-state index contributed by atoms with van der Waals surface area (Å²) in [6.07, 6.45) is 1.05. The number of aromatic nitrogens is 3. The molecule has 9 rings (SSSR count). The Morgan fingerprint density at radius 3 is 1.87 bits per heavy atom. The van der Waals surface area contributed by atoms with Gasteiger partial charge in [-0.05, 0) is 110 Å². The number of aromatic hydroxyl groups is 1. The number of likely N-dealkylation sites (N-methyl/N-ethyl adjacent to an activating group) is 3. The molecule has 6 heterocycles. The number of primary amides is 2. The van der Waals surface area contributed by atoms with E-state index < -0.39 is 248 Å². The molecule has 0 bridgehead atoms. The topological polar surface area (TPSA) is 655 Å². The zero-order valence-electron chi connectivity index (χ0n) is 77.2. The Morgan fingerprint density at radius 2 is 1.21 bits per heavy atom. The van der Waals surface area contributed by atoms with Gasteiger partial charge in [-0.25, -0.2) is 4.98 Å². The van der Waals surface area contributed by atoms with Gasteiger partial charge in [0.15, 0.2) is 5.96 Å². The van der Waals surface area contributed by atoms with Gasteiger partial charge >= 0.3 is 0 Å². The summed E-state index contributed by atoms with van der Waals surface area (Å²) in [4.78, 5) is 266. The van der Waals surface area contributed by atoms with Crippen molar-refractivity contribution in [3.63, 3.8) is 0 Å². The lowest BCUT2D eigenvalue weighted by Gasteiger charge is -2.36. The SMILES string of the molecule is CCCC[C@H]1C(=O)N[C@@H](CCCNC(=N)N)C(=O)NC(C(=O)NCC(N)=O)CSCC(=O)N[C@@H](Cc2ccc(O)cc2)C(=O)N(C)[C@@H](C)C(=O)N[C@@H](CC(N)=O)C(=O)N2CCC[C@H]2C(=O)N[C@@H](Cc2cnc[nH]2)C(=O)N[C@@H](CC(C)C)C(=O)N2C[C@H](O)C[C@H]2C(=O)N[C@@H](Cc2c[nH]c3ccccc23)C(=O)N[C@@H](CO)C(=O)N[C@@H](Cc2csc3ccccc23)C(=O)N(C)[C@@H](COCC)C(=O)N1C. The van der Waals surface area contributed by atoms with Gasteiger partial charge in [0.25, 0.3) is 0 Å². The van der Waals surface area contributed by atoms with Gasteiger partial charge in [-0.15, -0.1) is 23.1 Å². The van der Waals surface area contributed by atoms with Crippen molar-refractivity contribution in [2.24, 2.45) is 23.1 Å². The number of nitrogens with two attached hydrogens (primary N) is 3. The van der Waals surface area contributed by atoms with Gasteiger partial charge in [-0.1, -0.05) is 82.1 Å². The van der Waals surface area contributed by atoms with Crippen molar-refractivity contribution in [2.45, 2.75) is 215 Å². The molecular weight excluding hydrogens is 1800 g/mol. The molecular formula is C90H125N23O21S2. The molecule has 3 aromatic heterocycles. The van der Waals surface area contributed by atoms with Crippen molar-refractivity contribution >= 4 is 150 Å². The highest BCUT2D eigenvalue weighted by Crippen LogP contribution is 2.30. The van der Waals surface area contributed by atoms with Gasteiger partial charge in [0.05, 0.1) is 44.4 Å². The number of carbonyl (C=O) groups is 17. The first-order chi connectivity index (χ1) is 64.8. The molecule has 6 aromatic rings. The summed E-state index contributed by atoms with van der Waals surface area (Å²) in [6.45, 7) is 5.21. The molecule has 1 unspecified atom stereocenters. The third-order valence-corrected chi connectivity index (χ3v) is 25.9. The van der Waals surface area contributed by atoms with Crippen molar-refractivity contribution in [2.75, 3.05) is 78.6 Å². The Balaban J connectivity index is 1.10. The van der Waals surface area contributed by atoms with Crippen molar-refractivity contribution in [3.8, 4) is 5.75 Å². The van der Waals surface area contributed by atoms with E-state index >= 15 is 38.4 Å². The van der Waals surface area contributed by atoms with Crippen LogP contribution in [0.4, 0.5) is 0 Å². The highest BCUT2D eigenvalue weighted by atomic mass is 32.2. The Kier molecular flexibility index (Phi) is 39.8. The second-order valence-corrected chi connectivity index (χ2v) is 36.3. The molecule has 3 saturated heterocycles. The molecule has 23 N–H and O–H groups in total. The summed E-state index contributed by atoms with van der Waals surface area (Å²) in [5, 5.41) is 72.8. The van der Waals surface area contributed by atoms with Crippen LogP contribution >= 0.6 is 23.1 Å². The zero-order chi connectivity index (χ0) is 99.3. The summed E-state index contributed by atoms with van der Waals surface area (Å²) in [5.41, 5.74) is 19.1. The normalized spacial score (nSPS) is 24.7. The number of aromatic amines is 2. The van der Waals surface area contributed by atoms with Crippen LogP contribution in [0, 0.1) is 11.3 Å². The molecule has 0 aliphatic carbocycles. The highest BCUT2D eigenvalue weighted by molar-refractivity contribution is 8.00. The number of guanidine groups is 1. The van der Waals surface area contributed by atoms with Crippen LogP contribution in [0.25, 0.3) is 21.0 Å². The number of ether oxygens (including phenoxy) is 1. The molecule has 0 saturated carbocycles. The number of H-pyrrole nitrogens is 2. The molecule has 3 aromatic carbocycles. The van der Waals surface area contributed by atoms with Gasteiger partial charge in [-0.3, -0.25) is 86.9 Å². The van der Waals surface area contributed by atoms with Gasteiger partial charge in [0, 0.05) is 119 Å². The summed E-state index contributed by atoms with van der Waals surface area (Å²) >= 11 is 2.08. The molecule has 44 nitrogen and oxygen atoms in total. The monoisotopic (exact) mass is 1930 g/mol. The van der Waals surface area contributed by atoms with Crippen LogP contribution in [0.5, 0.6) is 5.75 Å². The predicted molar refractivity (Wildman–Crippen MR) is 500 cm³/mol. The van der Waals surface area contributed by atoms with E-state index in [1.807, 2.05) is 13.0 Å². The van der Waals surface area contributed by atoms with Gasteiger partial charge < -0.3 is 130 Å². The van der Waals surface area contributed by atoms with E-state index in [2.05, 4.69) is 73.4 Å². The van der Waals surface area contributed by atoms with Crippen LogP contribution in [0.3, 0.4) is 0 Å². The molecule has 3 fully saturated rings. The molecule has 46 heteroatoms. The summed E-state index contributed by atoms with van der Waals surface area (Å²) in [7, 11) is 3.78. The van der Waals surface area contributed by atoms with Crippen molar-refractivity contribution < 1.29 is 102 Å². The van der Waals surface area contributed by atoms with Crippen molar-refractivity contribution in [3.05, 3.63) is 119 Å². The summed E-state index contributed by atoms with van der Waals surface area (Å²) in [5.74, 6) is -18.4.